The van der Waals surface area contributed by atoms with Crippen molar-refractivity contribution in [2.24, 2.45) is 11.3 Å². The molecule has 1 nitrogen and oxygen atoms in total. The third kappa shape index (κ3) is 2.51. The zero-order valence-electron chi connectivity index (χ0n) is 11.4. The standard InChI is InChI=1S/C15H27N/c1-12(2)9-14-10-15(11-14)5-7-16(8-6-15)13(3)4/h9,12-13H,5-8,10-11H2,1-4H3. The summed E-state index contributed by atoms with van der Waals surface area (Å²) in [6.45, 7) is 11.9. The van der Waals surface area contributed by atoms with Crippen LogP contribution in [0.15, 0.2) is 11.6 Å². The van der Waals surface area contributed by atoms with Crippen molar-refractivity contribution in [1.29, 1.82) is 0 Å². The monoisotopic (exact) mass is 221 g/mol. The molecule has 0 atom stereocenters. The summed E-state index contributed by atoms with van der Waals surface area (Å²) in [7, 11) is 0. The van der Waals surface area contributed by atoms with Gasteiger partial charge in [0.05, 0.1) is 0 Å². The fourth-order valence-electron chi connectivity index (χ4n) is 3.37. The molecule has 2 aliphatic rings. The average molecular weight is 221 g/mol. The molecule has 1 spiro atoms. The van der Waals surface area contributed by atoms with Gasteiger partial charge in [0.25, 0.3) is 0 Å². The molecule has 2 rings (SSSR count). The van der Waals surface area contributed by atoms with E-state index >= 15 is 0 Å². The molecule has 16 heavy (non-hydrogen) atoms. The lowest BCUT2D eigenvalue weighted by Gasteiger charge is -2.50. The molecule has 1 aliphatic heterocycles. The van der Waals surface area contributed by atoms with Gasteiger partial charge in [0.2, 0.25) is 0 Å². The molecule has 0 aromatic carbocycles. The Bertz CT molecular complexity index is 257. The quantitative estimate of drug-likeness (QED) is 0.640. The highest BCUT2D eigenvalue weighted by Crippen LogP contribution is 2.52. The van der Waals surface area contributed by atoms with Gasteiger partial charge >= 0.3 is 0 Å². The van der Waals surface area contributed by atoms with E-state index in [1.165, 1.54) is 38.8 Å². The smallest absolute Gasteiger partial charge is 0.00385 e. The molecule has 0 radical (unpaired) electrons. The maximum atomic E-state index is 2.63. The summed E-state index contributed by atoms with van der Waals surface area (Å²) >= 11 is 0. The number of hydrogen-bond acceptors (Lipinski definition) is 1. The number of allylic oxidation sites excluding steroid dienone is 2. The molecule has 0 amide bonds. The lowest BCUT2D eigenvalue weighted by atomic mass is 9.60. The predicted octanol–water partition coefficient (Wildman–Crippen LogP) is 3.85. The summed E-state index contributed by atoms with van der Waals surface area (Å²) in [6, 6.07) is 0.739. The predicted molar refractivity (Wildman–Crippen MR) is 70.5 cm³/mol. The van der Waals surface area contributed by atoms with Crippen molar-refractivity contribution in [3.8, 4) is 0 Å². The number of piperidine rings is 1. The molecular weight excluding hydrogens is 194 g/mol. The third-order valence-electron chi connectivity index (χ3n) is 4.36. The summed E-state index contributed by atoms with van der Waals surface area (Å²) in [6.07, 6.45) is 8.15. The Morgan fingerprint density at radius 1 is 1.06 bits per heavy atom. The Balaban J connectivity index is 1.83. The van der Waals surface area contributed by atoms with Crippen molar-refractivity contribution in [2.45, 2.75) is 59.4 Å². The summed E-state index contributed by atoms with van der Waals surface area (Å²) in [4.78, 5) is 2.63. The molecule has 0 bridgehead atoms. The van der Waals surface area contributed by atoms with Gasteiger partial charge in [0.1, 0.15) is 0 Å². The molecule has 1 saturated carbocycles. The molecule has 1 aliphatic carbocycles. The molecule has 92 valence electrons. The van der Waals surface area contributed by atoms with Gasteiger partial charge in [0.15, 0.2) is 0 Å². The van der Waals surface area contributed by atoms with E-state index in [0.717, 1.165) is 12.0 Å². The fraction of sp³-hybridized carbons (Fsp3) is 0.867. The third-order valence-corrected chi connectivity index (χ3v) is 4.36. The average Bonchev–Trinajstić information content (AvgIpc) is 2.15. The van der Waals surface area contributed by atoms with Gasteiger partial charge in [0, 0.05) is 6.04 Å². The van der Waals surface area contributed by atoms with Gasteiger partial charge in [-0.2, -0.15) is 0 Å². The van der Waals surface area contributed by atoms with Crippen LogP contribution in [0.2, 0.25) is 0 Å². The normalized spacial score (nSPS) is 25.2. The summed E-state index contributed by atoms with van der Waals surface area (Å²) in [5, 5.41) is 0. The Labute approximate surface area is 101 Å². The zero-order valence-corrected chi connectivity index (χ0v) is 11.4. The second-order valence-corrected chi connectivity index (χ2v) is 6.55. The Morgan fingerprint density at radius 3 is 2.06 bits per heavy atom. The first-order chi connectivity index (χ1) is 7.51. The van der Waals surface area contributed by atoms with E-state index in [0.29, 0.717) is 5.41 Å². The van der Waals surface area contributed by atoms with E-state index in [-0.39, 0.29) is 0 Å². The first-order valence-electron chi connectivity index (χ1n) is 6.94. The zero-order chi connectivity index (χ0) is 11.8. The first kappa shape index (κ1) is 12.2. The van der Waals surface area contributed by atoms with Crippen LogP contribution in [0.1, 0.15) is 53.4 Å². The van der Waals surface area contributed by atoms with E-state index in [1.54, 1.807) is 5.57 Å². The second kappa shape index (κ2) is 4.52. The van der Waals surface area contributed by atoms with Crippen molar-refractivity contribution in [2.75, 3.05) is 13.1 Å². The first-order valence-corrected chi connectivity index (χ1v) is 6.94. The highest BCUT2D eigenvalue weighted by molar-refractivity contribution is 5.20. The van der Waals surface area contributed by atoms with E-state index in [4.69, 9.17) is 0 Å². The van der Waals surface area contributed by atoms with Crippen molar-refractivity contribution >= 4 is 0 Å². The largest absolute Gasteiger partial charge is 0.301 e. The maximum absolute atomic E-state index is 2.63. The summed E-state index contributed by atoms with van der Waals surface area (Å²) in [5.74, 6) is 0.739. The van der Waals surface area contributed by atoms with Gasteiger partial charge in [-0.1, -0.05) is 25.5 Å². The lowest BCUT2D eigenvalue weighted by molar-refractivity contribution is 0.0533. The number of nitrogens with zero attached hydrogens (tertiary/aromatic N) is 1. The van der Waals surface area contributed by atoms with Gasteiger partial charge in [-0.25, -0.2) is 0 Å². The van der Waals surface area contributed by atoms with E-state index < -0.39 is 0 Å². The highest BCUT2D eigenvalue weighted by Gasteiger charge is 2.42. The Kier molecular flexibility index (Phi) is 3.44. The number of rotatable bonds is 2. The molecule has 0 aromatic rings. The molecule has 1 heterocycles. The van der Waals surface area contributed by atoms with Gasteiger partial charge in [-0.05, 0) is 64.0 Å². The van der Waals surface area contributed by atoms with Crippen molar-refractivity contribution in [1.82, 2.24) is 4.90 Å². The SMILES string of the molecule is CC(C)C=C1CC2(CCN(C(C)C)CC2)C1. The topological polar surface area (TPSA) is 3.24 Å². The van der Waals surface area contributed by atoms with Crippen LogP contribution in [0.3, 0.4) is 0 Å². The van der Waals surface area contributed by atoms with Crippen molar-refractivity contribution in [3.63, 3.8) is 0 Å². The molecule has 2 fully saturated rings. The maximum Gasteiger partial charge on any atom is 0.00385 e. The van der Waals surface area contributed by atoms with Gasteiger partial charge in [-0.15, -0.1) is 0 Å². The van der Waals surface area contributed by atoms with Crippen LogP contribution in [0.5, 0.6) is 0 Å². The molecule has 0 unspecified atom stereocenters. The van der Waals surface area contributed by atoms with Crippen molar-refractivity contribution < 1.29 is 0 Å². The van der Waals surface area contributed by atoms with Gasteiger partial charge < -0.3 is 4.90 Å². The van der Waals surface area contributed by atoms with E-state index in [1.807, 2.05) is 0 Å². The van der Waals surface area contributed by atoms with Crippen LogP contribution < -0.4 is 0 Å². The highest BCUT2D eigenvalue weighted by atomic mass is 15.2. The van der Waals surface area contributed by atoms with Crippen molar-refractivity contribution in [3.05, 3.63) is 11.6 Å². The minimum Gasteiger partial charge on any atom is -0.301 e. The molecule has 0 N–H and O–H groups in total. The van der Waals surface area contributed by atoms with E-state index in [9.17, 15) is 0 Å². The van der Waals surface area contributed by atoms with Crippen LogP contribution in [0.4, 0.5) is 0 Å². The molecule has 0 aromatic heterocycles. The number of likely N-dealkylation sites (tertiary alicyclic amines) is 1. The minimum absolute atomic E-state index is 0.714. The minimum atomic E-state index is 0.714. The van der Waals surface area contributed by atoms with Crippen LogP contribution in [0.25, 0.3) is 0 Å². The van der Waals surface area contributed by atoms with Crippen LogP contribution in [0, 0.1) is 11.3 Å². The van der Waals surface area contributed by atoms with Crippen LogP contribution in [-0.2, 0) is 0 Å². The van der Waals surface area contributed by atoms with Gasteiger partial charge in [-0.3, -0.25) is 0 Å². The fourth-order valence-corrected chi connectivity index (χ4v) is 3.37. The lowest BCUT2D eigenvalue weighted by Crippen LogP contribution is -2.46. The van der Waals surface area contributed by atoms with E-state index in [2.05, 4.69) is 38.7 Å². The summed E-state index contributed by atoms with van der Waals surface area (Å²) in [5.41, 5.74) is 2.44. The van der Waals surface area contributed by atoms with Crippen LogP contribution in [-0.4, -0.2) is 24.0 Å². The Hall–Kier alpha value is -0.300. The second-order valence-electron chi connectivity index (χ2n) is 6.55. The Morgan fingerprint density at radius 2 is 1.62 bits per heavy atom. The summed E-state index contributed by atoms with van der Waals surface area (Å²) < 4.78 is 0. The molecule has 1 saturated heterocycles. The number of hydrogen-bond donors (Lipinski definition) is 0. The molecular formula is C15H27N. The van der Waals surface area contributed by atoms with Crippen LogP contribution >= 0.6 is 0 Å². The molecule has 1 heteroatoms.